The Bertz CT molecular complexity index is 1120. The van der Waals surface area contributed by atoms with Crippen LogP contribution in [0.5, 0.6) is 0 Å². The second-order valence-corrected chi connectivity index (χ2v) is 13.4. The number of rotatable bonds is 11. The Labute approximate surface area is 223 Å². The van der Waals surface area contributed by atoms with E-state index in [1.54, 1.807) is 11.8 Å². The molecule has 3 rings (SSSR count). The summed E-state index contributed by atoms with van der Waals surface area (Å²) in [6, 6.07) is 9.40. The van der Waals surface area contributed by atoms with Crippen molar-refractivity contribution in [2.24, 2.45) is 5.92 Å². The number of nitrogens with zero attached hydrogens (tertiary/aromatic N) is 3. The van der Waals surface area contributed by atoms with Crippen LogP contribution in [0.3, 0.4) is 0 Å². The molecule has 1 aromatic carbocycles. The van der Waals surface area contributed by atoms with Gasteiger partial charge in [0.25, 0.3) is 10.0 Å². The van der Waals surface area contributed by atoms with Crippen molar-refractivity contribution >= 4 is 15.9 Å². The molecule has 0 saturated carbocycles. The van der Waals surface area contributed by atoms with Crippen LogP contribution >= 0.6 is 0 Å². The number of aromatic nitrogens is 2. The SMILES string of the molecule is Cc1nc(S(=O)(=O)N2CCCN(CCCCNC(C)C(C)Cc3ccc(C(C)(C)C)cc3)C(=O)C2)c[nH]1. The molecule has 206 valence electrons. The predicted molar refractivity (Wildman–Crippen MR) is 148 cm³/mol. The van der Waals surface area contributed by atoms with Crippen molar-refractivity contribution in [2.75, 3.05) is 32.7 Å². The zero-order valence-electron chi connectivity index (χ0n) is 23.4. The van der Waals surface area contributed by atoms with Gasteiger partial charge in [0.2, 0.25) is 5.91 Å². The van der Waals surface area contributed by atoms with Gasteiger partial charge in [0.1, 0.15) is 5.82 Å². The topological polar surface area (TPSA) is 98.4 Å². The summed E-state index contributed by atoms with van der Waals surface area (Å²) in [4.78, 5) is 21.5. The van der Waals surface area contributed by atoms with Gasteiger partial charge < -0.3 is 15.2 Å². The minimum Gasteiger partial charge on any atom is -0.348 e. The molecule has 1 aliphatic heterocycles. The molecule has 2 heterocycles. The molecule has 1 saturated heterocycles. The Kier molecular flexibility index (Phi) is 9.94. The Morgan fingerprint density at radius 1 is 1.11 bits per heavy atom. The molecule has 2 unspecified atom stereocenters. The molecule has 37 heavy (non-hydrogen) atoms. The molecule has 0 radical (unpaired) electrons. The quantitative estimate of drug-likeness (QED) is 0.429. The van der Waals surface area contributed by atoms with Gasteiger partial charge in [0.05, 0.1) is 6.54 Å². The van der Waals surface area contributed by atoms with Crippen LogP contribution in [0, 0.1) is 12.8 Å². The number of amides is 1. The first-order valence-corrected chi connectivity index (χ1v) is 14.9. The maximum Gasteiger partial charge on any atom is 0.262 e. The number of hydrogen-bond acceptors (Lipinski definition) is 5. The molecule has 9 heteroatoms. The molecular weight excluding hydrogens is 486 g/mol. The fraction of sp³-hybridized carbons (Fsp3) is 0.643. The van der Waals surface area contributed by atoms with Crippen molar-refractivity contribution in [3.8, 4) is 0 Å². The fourth-order valence-electron chi connectivity index (χ4n) is 4.64. The van der Waals surface area contributed by atoms with Crippen molar-refractivity contribution in [3.05, 3.63) is 47.4 Å². The largest absolute Gasteiger partial charge is 0.348 e. The number of unbranched alkanes of at least 4 members (excludes halogenated alkanes) is 1. The molecule has 0 spiro atoms. The predicted octanol–water partition coefficient (Wildman–Crippen LogP) is 3.88. The van der Waals surface area contributed by atoms with E-state index in [0.717, 1.165) is 25.8 Å². The number of carbonyl (C=O) groups is 1. The Balaban J connectivity index is 1.38. The van der Waals surface area contributed by atoms with E-state index in [4.69, 9.17) is 0 Å². The summed E-state index contributed by atoms with van der Waals surface area (Å²) in [6.45, 7) is 15.3. The first-order chi connectivity index (χ1) is 17.4. The number of hydrogen-bond donors (Lipinski definition) is 2. The van der Waals surface area contributed by atoms with Crippen LogP contribution in [0.15, 0.2) is 35.5 Å². The summed E-state index contributed by atoms with van der Waals surface area (Å²) in [5.41, 5.74) is 2.90. The van der Waals surface area contributed by atoms with E-state index in [2.05, 4.69) is 74.2 Å². The van der Waals surface area contributed by atoms with Gasteiger partial charge >= 0.3 is 0 Å². The van der Waals surface area contributed by atoms with Gasteiger partial charge in [-0.1, -0.05) is 52.0 Å². The van der Waals surface area contributed by atoms with Gasteiger partial charge in [-0.2, -0.15) is 4.31 Å². The first kappa shape index (κ1) is 29.3. The monoisotopic (exact) mass is 531 g/mol. The maximum absolute atomic E-state index is 12.9. The van der Waals surface area contributed by atoms with Crippen LogP contribution in [-0.4, -0.2) is 72.3 Å². The highest BCUT2D eigenvalue weighted by Crippen LogP contribution is 2.23. The van der Waals surface area contributed by atoms with E-state index < -0.39 is 10.0 Å². The van der Waals surface area contributed by atoms with Crippen LogP contribution in [0.25, 0.3) is 0 Å². The highest BCUT2D eigenvalue weighted by Gasteiger charge is 2.32. The zero-order chi connectivity index (χ0) is 27.2. The molecule has 2 atom stereocenters. The third kappa shape index (κ3) is 8.12. The van der Waals surface area contributed by atoms with Crippen LogP contribution < -0.4 is 5.32 Å². The number of benzene rings is 1. The van der Waals surface area contributed by atoms with Crippen molar-refractivity contribution in [2.45, 2.75) is 83.7 Å². The number of H-pyrrole nitrogens is 1. The van der Waals surface area contributed by atoms with Crippen molar-refractivity contribution in [3.63, 3.8) is 0 Å². The van der Waals surface area contributed by atoms with Gasteiger partial charge in [0, 0.05) is 31.9 Å². The minimum absolute atomic E-state index is 0.0254. The van der Waals surface area contributed by atoms with Crippen molar-refractivity contribution in [1.29, 1.82) is 0 Å². The normalized spacial score (nSPS) is 17.6. The second-order valence-electron chi connectivity index (χ2n) is 11.5. The molecule has 0 aliphatic carbocycles. The third-order valence-electron chi connectivity index (χ3n) is 7.34. The molecule has 2 N–H and O–H groups in total. The highest BCUT2D eigenvalue weighted by atomic mass is 32.2. The highest BCUT2D eigenvalue weighted by molar-refractivity contribution is 7.89. The molecule has 1 aliphatic rings. The maximum atomic E-state index is 12.9. The van der Waals surface area contributed by atoms with Gasteiger partial charge in [0.15, 0.2) is 5.03 Å². The van der Waals surface area contributed by atoms with E-state index in [9.17, 15) is 13.2 Å². The van der Waals surface area contributed by atoms with E-state index >= 15 is 0 Å². The Morgan fingerprint density at radius 2 is 1.81 bits per heavy atom. The number of aryl methyl sites for hydroxylation is 1. The lowest BCUT2D eigenvalue weighted by Crippen LogP contribution is -2.40. The molecule has 1 aromatic heterocycles. The Morgan fingerprint density at radius 3 is 2.43 bits per heavy atom. The first-order valence-electron chi connectivity index (χ1n) is 13.5. The smallest absolute Gasteiger partial charge is 0.262 e. The van der Waals surface area contributed by atoms with E-state index in [1.807, 2.05) is 0 Å². The van der Waals surface area contributed by atoms with E-state index in [1.165, 1.54) is 21.6 Å². The molecular formula is C28H45N5O3S. The summed E-state index contributed by atoms with van der Waals surface area (Å²) in [5.74, 6) is 0.910. The summed E-state index contributed by atoms with van der Waals surface area (Å²) < 4.78 is 27.0. The Hall–Kier alpha value is -2.23. The molecule has 8 nitrogen and oxygen atoms in total. The van der Waals surface area contributed by atoms with Crippen LogP contribution in [0.2, 0.25) is 0 Å². The standard InChI is InChI=1S/C28H45N5O3S/c1-21(18-24-10-12-25(13-11-24)28(4,5)6)22(2)29-14-7-8-15-32-16-9-17-33(20-27(32)34)37(35,36)26-19-30-23(3)31-26/h10-13,19,21-22,29H,7-9,14-18,20H2,1-6H3,(H,30,31). The van der Waals surface area contributed by atoms with E-state index in [-0.39, 0.29) is 22.9 Å². The number of aromatic amines is 1. The summed E-state index contributed by atoms with van der Waals surface area (Å²) in [7, 11) is -3.77. The van der Waals surface area contributed by atoms with Crippen LogP contribution in [-0.2, 0) is 26.7 Å². The lowest BCUT2D eigenvalue weighted by atomic mass is 9.85. The fourth-order valence-corrected chi connectivity index (χ4v) is 6.02. The molecule has 2 aromatic rings. The zero-order valence-corrected chi connectivity index (χ0v) is 24.2. The lowest BCUT2D eigenvalue weighted by molar-refractivity contribution is -0.130. The average Bonchev–Trinajstić information content (AvgIpc) is 3.19. The van der Waals surface area contributed by atoms with Gasteiger partial charge in [-0.05, 0) is 68.5 Å². The summed E-state index contributed by atoms with van der Waals surface area (Å²) in [6.07, 6.45) is 4.90. The summed E-state index contributed by atoms with van der Waals surface area (Å²) in [5, 5.41) is 3.62. The number of nitrogens with one attached hydrogen (secondary N) is 2. The number of imidazole rings is 1. The second kappa shape index (κ2) is 12.5. The minimum atomic E-state index is -3.77. The number of carbonyl (C=O) groups excluding carboxylic acids is 1. The average molecular weight is 532 g/mol. The van der Waals surface area contributed by atoms with Crippen LogP contribution in [0.4, 0.5) is 0 Å². The van der Waals surface area contributed by atoms with Gasteiger partial charge in [-0.3, -0.25) is 4.79 Å². The van der Waals surface area contributed by atoms with Crippen molar-refractivity contribution < 1.29 is 13.2 Å². The molecule has 1 amide bonds. The lowest BCUT2D eigenvalue weighted by Gasteiger charge is -2.24. The molecule has 0 bridgehead atoms. The third-order valence-corrected chi connectivity index (χ3v) is 9.07. The van der Waals surface area contributed by atoms with Crippen LogP contribution in [0.1, 0.15) is 70.8 Å². The molecule has 1 fully saturated rings. The van der Waals surface area contributed by atoms with Gasteiger partial charge in [-0.25, -0.2) is 13.4 Å². The number of sulfonamides is 1. The van der Waals surface area contributed by atoms with Gasteiger partial charge in [-0.15, -0.1) is 0 Å². The van der Waals surface area contributed by atoms with Crippen molar-refractivity contribution in [1.82, 2.24) is 24.5 Å². The van der Waals surface area contributed by atoms with E-state index in [0.29, 0.717) is 43.8 Å². The summed E-state index contributed by atoms with van der Waals surface area (Å²) >= 11 is 0.